The van der Waals surface area contributed by atoms with Crippen LogP contribution in [0.3, 0.4) is 0 Å². The zero-order valence-electron chi connectivity index (χ0n) is 29.0. The molecule has 15 heteroatoms. The number of amides is 1. The molecule has 2 aliphatic rings. The van der Waals surface area contributed by atoms with Crippen molar-refractivity contribution >= 4 is 30.7 Å². The summed E-state index contributed by atoms with van der Waals surface area (Å²) in [5.41, 5.74) is 1.50. The molecule has 0 saturated heterocycles. The summed E-state index contributed by atoms with van der Waals surface area (Å²) in [6, 6.07) is 23.8. The number of carboxylic acids is 1. The molecule has 0 saturated carbocycles. The number of aromatic carboxylic acids is 1. The molecule has 1 radical (unpaired) electrons. The first-order valence-electron chi connectivity index (χ1n) is 16.2. The van der Waals surface area contributed by atoms with Gasteiger partial charge in [-0.1, -0.05) is 6.07 Å². The summed E-state index contributed by atoms with van der Waals surface area (Å²) in [7, 11) is -0.488. The van der Waals surface area contributed by atoms with E-state index in [0.717, 1.165) is 0 Å². The molecule has 5 rings (SSSR count). The van der Waals surface area contributed by atoms with Crippen LogP contribution in [0.1, 0.15) is 27.6 Å². The number of benzene rings is 4. The summed E-state index contributed by atoms with van der Waals surface area (Å²) in [6.07, 6.45) is 0. The SMILES string of the molecule is CCOP(=O)([O-])OCC[N+](C)(C)CCOCCNC(=O)c1ccc(-c2c3ccc(=O)cc-3oc3cc(Oc4cc[c-]cc4)ccc23)c(C(=O)O)c1.[Y]. The van der Waals surface area contributed by atoms with E-state index in [1.54, 1.807) is 67.6 Å². The molecule has 13 nitrogen and oxygen atoms in total. The molecule has 271 valence electrons. The normalized spacial score (nSPS) is 12.6. The van der Waals surface area contributed by atoms with Gasteiger partial charge >= 0.3 is 5.97 Å². The number of rotatable bonds is 17. The number of phosphoric acid groups is 1. The predicted octanol–water partition coefficient (Wildman–Crippen LogP) is 5.20. The third kappa shape index (κ3) is 10.9. The average Bonchev–Trinajstić information content (AvgIpc) is 3.08. The van der Waals surface area contributed by atoms with Crippen LogP contribution in [-0.2, 0) is 51.1 Å². The van der Waals surface area contributed by atoms with Crippen LogP contribution in [0.5, 0.6) is 11.5 Å². The molecule has 2 N–H and O–H groups in total. The average molecular weight is 807 g/mol. The van der Waals surface area contributed by atoms with Crippen LogP contribution in [-0.4, -0.2) is 81.6 Å². The molecule has 0 fully saturated rings. The Labute approximate surface area is 325 Å². The van der Waals surface area contributed by atoms with E-state index in [9.17, 15) is 28.9 Å². The number of carbonyl (C=O) groups is 2. The Balaban J connectivity index is 0.00000605. The van der Waals surface area contributed by atoms with E-state index in [2.05, 4.69) is 15.9 Å². The maximum Gasteiger partial charge on any atom is 0.336 e. The van der Waals surface area contributed by atoms with E-state index >= 15 is 0 Å². The predicted molar refractivity (Wildman–Crippen MR) is 187 cm³/mol. The number of nitrogens with one attached hydrogen (secondary N) is 1. The van der Waals surface area contributed by atoms with Gasteiger partial charge in [0, 0.05) is 79.2 Å². The van der Waals surface area contributed by atoms with Crippen LogP contribution in [0.25, 0.3) is 33.4 Å². The number of fused-ring (bicyclic) bond motifs is 2. The van der Waals surface area contributed by atoms with Gasteiger partial charge in [0.2, 0.25) is 0 Å². The van der Waals surface area contributed by atoms with Crippen molar-refractivity contribution in [1.82, 2.24) is 5.32 Å². The van der Waals surface area contributed by atoms with E-state index in [1.807, 2.05) is 14.1 Å². The minimum Gasteiger partial charge on any atom is -0.756 e. The summed E-state index contributed by atoms with van der Waals surface area (Å²) in [4.78, 5) is 49.5. The van der Waals surface area contributed by atoms with Crippen LogP contribution in [0, 0.1) is 6.07 Å². The number of ether oxygens (including phenoxy) is 2. The fourth-order valence-corrected chi connectivity index (χ4v) is 6.02. The van der Waals surface area contributed by atoms with Crippen molar-refractivity contribution < 1.29 is 84.3 Å². The maximum atomic E-state index is 13.1. The van der Waals surface area contributed by atoms with E-state index in [4.69, 9.17) is 18.4 Å². The van der Waals surface area contributed by atoms with Gasteiger partial charge in [0.15, 0.2) is 5.43 Å². The summed E-state index contributed by atoms with van der Waals surface area (Å²) < 4.78 is 39.2. The van der Waals surface area contributed by atoms with Crippen molar-refractivity contribution in [1.29, 1.82) is 0 Å². The molecular weight excluding hydrogens is 768 g/mol. The monoisotopic (exact) mass is 806 g/mol. The Morgan fingerprint density at radius 3 is 2.38 bits per heavy atom. The number of phosphoric ester groups is 1. The number of quaternary nitrogens is 1. The Kier molecular flexibility index (Phi) is 14.4. The molecule has 1 aliphatic heterocycles. The Hall–Kier alpha value is -3.78. The van der Waals surface area contributed by atoms with Crippen LogP contribution >= 0.6 is 7.82 Å². The number of carbonyl (C=O) groups excluding carboxylic acids is 1. The smallest absolute Gasteiger partial charge is 0.336 e. The van der Waals surface area contributed by atoms with Gasteiger partial charge in [-0.25, -0.2) is 4.79 Å². The molecule has 3 aromatic rings. The van der Waals surface area contributed by atoms with Crippen LogP contribution < -0.4 is 20.4 Å². The molecule has 1 aliphatic carbocycles. The van der Waals surface area contributed by atoms with Crippen molar-refractivity contribution in [2.45, 2.75) is 6.92 Å². The minimum atomic E-state index is -4.30. The second-order valence-electron chi connectivity index (χ2n) is 12.1. The fourth-order valence-electron chi connectivity index (χ4n) is 5.32. The molecule has 1 atom stereocenters. The summed E-state index contributed by atoms with van der Waals surface area (Å²) in [5, 5.41) is 13.6. The van der Waals surface area contributed by atoms with Gasteiger partial charge in [-0.2, -0.15) is 18.2 Å². The minimum absolute atomic E-state index is 0. The molecule has 1 heterocycles. The first kappa shape index (κ1) is 41.0. The van der Waals surface area contributed by atoms with Gasteiger partial charge in [0.1, 0.15) is 36.8 Å². The molecule has 0 bridgehead atoms. The first-order chi connectivity index (χ1) is 24.4. The zero-order chi connectivity index (χ0) is 36.6. The first-order valence-corrected chi connectivity index (χ1v) is 17.6. The third-order valence-electron chi connectivity index (χ3n) is 7.98. The van der Waals surface area contributed by atoms with E-state index in [0.29, 0.717) is 63.3 Å². The number of likely N-dealkylation sites (N-methyl/N-ethyl adjacent to an activating group) is 1. The van der Waals surface area contributed by atoms with E-state index in [1.165, 1.54) is 18.2 Å². The van der Waals surface area contributed by atoms with Crippen molar-refractivity contribution in [3.8, 4) is 33.9 Å². The van der Waals surface area contributed by atoms with Gasteiger partial charge in [0.05, 0.1) is 39.5 Å². The van der Waals surface area contributed by atoms with E-state index < -0.39 is 19.7 Å². The second-order valence-corrected chi connectivity index (χ2v) is 13.6. The summed E-state index contributed by atoms with van der Waals surface area (Å²) in [6.45, 7) is 3.23. The maximum absolute atomic E-state index is 13.1. The second kappa shape index (κ2) is 18.3. The van der Waals surface area contributed by atoms with Crippen molar-refractivity contribution in [3.05, 3.63) is 106 Å². The molecule has 0 aromatic heterocycles. The third-order valence-corrected chi connectivity index (χ3v) is 9.05. The molecule has 52 heavy (non-hydrogen) atoms. The largest absolute Gasteiger partial charge is 0.756 e. The standard InChI is InChI=1S/C37H39N2O11P.Y/c1-4-47-51(44,45)48-21-18-39(2,3)17-20-46-19-16-38-36(41)25-10-13-29(32(22-25)37(42)43)35-30-14-11-26(40)23-33(30)50-34-24-28(12-15-31(34)35)49-27-8-6-5-7-9-27;/h6-15,22-24H,4,16-21H2,1-3H3,(H,38,41)(H,42,43)(H,44,45);/p-1. The summed E-state index contributed by atoms with van der Waals surface area (Å²) >= 11 is 0. The van der Waals surface area contributed by atoms with Gasteiger partial charge < -0.3 is 42.7 Å². The quantitative estimate of drug-likeness (QED) is 0.0416. The topological polar surface area (TPSA) is 174 Å². The Morgan fingerprint density at radius 2 is 1.65 bits per heavy atom. The molecule has 0 spiro atoms. The van der Waals surface area contributed by atoms with Crippen LogP contribution in [0.4, 0.5) is 0 Å². The van der Waals surface area contributed by atoms with Crippen molar-refractivity contribution in [3.63, 3.8) is 0 Å². The number of hydrogen-bond donors (Lipinski definition) is 2. The van der Waals surface area contributed by atoms with Crippen molar-refractivity contribution in [2.24, 2.45) is 0 Å². The van der Waals surface area contributed by atoms with Crippen LogP contribution in [0.15, 0.2) is 88.1 Å². The summed E-state index contributed by atoms with van der Waals surface area (Å²) in [5.74, 6) is -0.400. The van der Waals surface area contributed by atoms with Gasteiger partial charge in [-0.3, -0.25) is 14.2 Å². The van der Waals surface area contributed by atoms with E-state index in [-0.39, 0.29) is 81.4 Å². The Morgan fingerprint density at radius 1 is 0.923 bits per heavy atom. The van der Waals surface area contributed by atoms with Crippen molar-refractivity contribution in [2.75, 3.05) is 60.2 Å². The molecule has 3 aromatic carbocycles. The molecule has 1 unspecified atom stereocenters. The number of hydrogen-bond acceptors (Lipinski definition) is 10. The molecule has 1 amide bonds. The van der Waals surface area contributed by atoms with Gasteiger partial charge in [-0.15, -0.1) is 12.1 Å². The fraction of sp³-hybridized carbons (Fsp3) is 0.270. The van der Waals surface area contributed by atoms with Crippen LogP contribution in [0.2, 0.25) is 0 Å². The molecular formula is C37H38N2O11PY-. The number of nitrogens with zero attached hydrogens (tertiary/aromatic N) is 1. The van der Waals surface area contributed by atoms with Gasteiger partial charge in [-0.05, 0) is 48.9 Å². The number of carboxylic acid groups (broad SMARTS) is 1. The zero-order valence-corrected chi connectivity index (χ0v) is 32.7. The van der Waals surface area contributed by atoms with Gasteiger partial charge in [0.25, 0.3) is 13.7 Å². The Bertz CT molecular complexity index is 2090.